The summed E-state index contributed by atoms with van der Waals surface area (Å²) in [5.41, 5.74) is 5.85. The van der Waals surface area contributed by atoms with E-state index in [1.807, 2.05) is 97.1 Å². The van der Waals surface area contributed by atoms with Crippen LogP contribution in [0.5, 0.6) is 0 Å². The maximum atomic E-state index is 14.0. The molecule has 1 fully saturated rings. The molecule has 0 spiro atoms. The number of nitrogens with zero attached hydrogens (tertiary/aromatic N) is 3. The number of thiocarbonyl (C=S) groups is 1. The highest BCUT2D eigenvalue weighted by atomic mass is 32.2. The summed E-state index contributed by atoms with van der Waals surface area (Å²) in [4.78, 5) is 46.6. The van der Waals surface area contributed by atoms with Gasteiger partial charge >= 0.3 is 0 Å². The first-order valence-corrected chi connectivity index (χ1v) is 15.6. The van der Waals surface area contributed by atoms with Gasteiger partial charge in [-0.05, 0) is 60.1 Å². The molecule has 0 bridgehead atoms. The van der Waals surface area contributed by atoms with E-state index in [0.717, 1.165) is 42.6 Å². The molecule has 1 unspecified atom stereocenters. The first-order valence-electron chi connectivity index (χ1n) is 14.4. The average molecular weight is 630 g/mol. The Morgan fingerprint density at radius 1 is 0.733 bits per heavy atom. The third-order valence-corrected chi connectivity index (χ3v) is 9.29. The maximum absolute atomic E-state index is 14.0. The molecule has 5 aromatic rings. The highest BCUT2D eigenvalue weighted by Crippen LogP contribution is 2.47. The molecule has 0 aromatic heterocycles. The maximum Gasteiger partial charge on any atom is 0.257 e. The standard InChI is InChI=1S/C35H27N5O3S2/c41-32(39-28-17-6-8-19-30(28)45-31-20-9-7-18-29(31)39)22-37-40-34(43)26(33(42)38(35(40)44)24-13-2-1-3-14-24)21-36-27-16-10-12-23-11-4-5-15-25(23)27/h1-20,26,36-37H,21-22H2. The Balaban J connectivity index is 1.17. The summed E-state index contributed by atoms with van der Waals surface area (Å²) in [6.07, 6.45) is 0. The molecule has 0 radical (unpaired) electrons. The van der Waals surface area contributed by atoms with Crippen molar-refractivity contribution in [2.75, 3.05) is 28.2 Å². The number of rotatable bonds is 7. The van der Waals surface area contributed by atoms with Gasteiger partial charge in [-0.15, -0.1) is 0 Å². The third kappa shape index (κ3) is 5.33. The lowest BCUT2D eigenvalue weighted by molar-refractivity contribution is -0.141. The third-order valence-electron chi connectivity index (χ3n) is 7.79. The van der Waals surface area contributed by atoms with Gasteiger partial charge in [0, 0.05) is 27.4 Å². The van der Waals surface area contributed by atoms with Crippen molar-refractivity contribution in [2.45, 2.75) is 9.79 Å². The summed E-state index contributed by atoms with van der Waals surface area (Å²) in [6.45, 7) is -0.201. The van der Waals surface area contributed by atoms with E-state index in [9.17, 15) is 14.4 Å². The van der Waals surface area contributed by atoms with Crippen LogP contribution in [-0.4, -0.2) is 40.9 Å². The van der Waals surface area contributed by atoms with Crippen LogP contribution in [0.4, 0.5) is 22.7 Å². The predicted molar refractivity (Wildman–Crippen MR) is 181 cm³/mol. The molecule has 10 heteroatoms. The van der Waals surface area contributed by atoms with Crippen LogP contribution in [0.25, 0.3) is 10.8 Å². The summed E-state index contributed by atoms with van der Waals surface area (Å²) in [6, 6.07) is 38.1. The van der Waals surface area contributed by atoms with Crippen molar-refractivity contribution >= 4 is 80.3 Å². The number of fused-ring (bicyclic) bond motifs is 3. The van der Waals surface area contributed by atoms with Crippen molar-refractivity contribution in [3.8, 4) is 0 Å². The van der Waals surface area contributed by atoms with Crippen LogP contribution in [-0.2, 0) is 14.4 Å². The second kappa shape index (κ2) is 12.2. The fourth-order valence-corrected chi connectivity index (χ4v) is 7.04. The predicted octanol–water partition coefficient (Wildman–Crippen LogP) is 6.36. The molecule has 5 aromatic carbocycles. The highest BCUT2D eigenvalue weighted by Gasteiger charge is 2.45. The van der Waals surface area contributed by atoms with Crippen LogP contribution in [0.2, 0.25) is 0 Å². The molecule has 8 nitrogen and oxygen atoms in total. The molecular formula is C35H27N5O3S2. The van der Waals surface area contributed by atoms with Crippen molar-refractivity contribution in [3.05, 3.63) is 121 Å². The Labute approximate surface area is 269 Å². The number of hydrazine groups is 1. The monoisotopic (exact) mass is 629 g/mol. The zero-order chi connectivity index (χ0) is 30.9. The molecular weight excluding hydrogens is 603 g/mol. The van der Waals surface area contributed by atoms with Crippen LogP contribution < -0.4 is 20.5 Å². The topological polar surface area (TPSA) is 85.0 Å². The molecule has 2 aliphatic rings. The van der Waals surface area contributed by atoms with E-state index in [-0.39, 0.29) is 24.1 Å². The Kier molecular flexibility index (Phi) is 7.76. The molecule has 0 saturated carbocycles. The fraction of sp³-hybridized carbons (Fsp3) is 0.0857. The summed E-state index contributed by atoms with van der Waals surface area (Å²) in [7, 11) is 0. The van der Waals surface area contributed by atoms with Crippen molar-refractivity contribution in [1.29, 1.82) is 0 Å². The van der Waals surface area contributed by atoms with Gasteiger partial charge < -0.3 is 5.32 Å². The molecule has 1 saturated heterocycles. The van der Waals surface area contributed by atoms with Gasteiger partial charge in [0.1, 0.15) is 5.92 Å². The molecule has 45 heavy (non-hydrogen) atoms. The number of nitrogens with one attached hydrogen (secondary N) is 2. The lowest BCUT2D eigenvalue weighted by Gasteiger charge is -2.39. The van der Waals surface area contributed by atoms with E-state index in [1.165, 1.54) is 4.90 Å². The number of hydrogen-bond donors (Lipinski definition) is 2. The first kappa shape index (κ1) is 28.7. The van der Waals surface area contributed by atoms with E-state index in [1.54, 1.807) is 40.9 Å². The Morgan fingerprint density at radius 2 is 1.36 bits per heavy atom. The second-order valence-corrected chi connectivity index (χ2v) is 12.0. The van der Waals surface area contributed by atoms with Crippen molar-refractivity contribution in [3.63, 3.8) is 0 Å². The van der Waals surface area contributed by atoms with Gasteiger partial charge in [-0.3, -0.25) is 24.2 Å². The lowest BCUT2D eigenvalue weighted by Crippen LogP contribution is -2.65. The van der Waals surface area contributed by atoms with Crippen LogP contribution >= 0.6 is 24.0 Å². The van der Waals surface area contributed by atoms with Gasteiger partial charge in [0.05, 0.1) is 23.6 Å². The molecule has 7 rings (SSSR count). The smallest absolute Gasteiger partial charge is 0.257 e. The van der Waals surface area contributed by atoms with Gasteiger partial charge in [0.2, 0.25) is 16.9 Å². The Morgan fingerprint density at radius 3 is 2.09 bits per heavy atom. The summed E-state index contributed by atoms with van der Waals surface area (Å²) in [5.74, 6) is -2.36. The normalized spacial score (nSPS) is 16.0. The van der Waals surface area contributed by atoms with E-state index >= 15 is 0 Å². The first-order chi connectivity index (χ1) is 22.0. The van der Waals surface area contributed by atoms with E-state index in [0.29, 0.717) is 5.69 Å². The van der Waals surface area contributed by atoms with Crippen LogP contribution in [0.15, 0.2) is 131 Å². The van der Waals surface area contributed by atoms with Crippen LogP contribution in [0, 0.1) is 5.92 Å². The summed E-state index contributed by atoms with van der Waals surface area (Å²) < 4.78 is 0. The zero-order valence-corrected chi connectivity index (χ0v) is 25.6. The summed E-state index contributed by atoms with van der Waals surface area (Å²) >= 11 is 7.31. The highest BCUT2D eigenvalue weighted by molar-refractivity contribution is 7.99. The number of carbonyl (C=O) groups excluding carboxylic acids is 3. The van der Waals surface area contributed by atoms with Gasteiger partial charge in [-0.2, -0.15) is 0 Å². The number of carbonyl (C=O) groups is 3. The minimum Gasteiger partial charge on any atom is -0.383 e. The second-order valence-electron chi connectivity index (χ2n) is 10.5. The lowest BCUT2D eigenvalue weighted by atomic mass is 10.0. The average Bonchev–Trinajstić information content (AvgIpc) is 3.07. The SMILES string of the molecule is O=C1C(CNc2cccc3ccccc23)C(=O)N(c2ccccc2)C(=S)N1NCC(=O)N1c2ccccc2Sc2ccccc21. The Bertz CT molecular complexity index is 1920. The quantitative estimate of drug-likeness (QED) is 0.160. The fourth-order valence-electron chi connectivity index (χ4n) is 5.63. The van der Waals surface area contributed by atoms with Gasteiger partial charge in [-0.25, -0.2) is 10.4 Å². The number of anilines is 4. The molecule has 2 aliphatic heterocycles. The van der Waals surface area contributed by atoms with Crippen LogP contribution in [0.3, 0.4) is 0 Å². The number of benzene rings is 5. The summed E-state index contributed by atoms with van der Waals surface area (Å²) in [5, 5.41) is 6.46. The largest absolute Gasteiger partial charge is 0.383 e. The molecule has 0 aliphatic carbocycles. The minimum absolute atomic E-state index is 0.0356. The molecule has 2 heterocycles. The molecule has 2 N–H and O–H groups in total. The van der Waals surface area contributed by atoms with Crippen molar-refractivity contribution in [1.82, 2.24) is 10.4 Å². The molecule has 3 amide bonds. The van der Waals surface area contributed by atoms with Gasteiger partial charge in [0.25, 0.3) is 5.91 Å². The van der Waals surface area contributed by atoms with Gasteiger partial charge in [-0.1, -0.05) is 90.6 Å². The number of amides is 3. The van der Waals surface area contributed by atoms with Crippen LogP contribution in [0.1, 0.15) is 0 Å². The minimum atomic E-state index is -1.11. The zero-order valence-electron chi connectivity index (χ0n) is 23.9. The Hall–Kier alpha value is -5.03. The van der Waals surface area contributed by atoms with Crippen molar-refractivity contribution in [2.24, 2.45) is 5.92 Å². The van der Waals surface area contributed by atoms with E-state index in [2.05, 4.69) is 10.7 Å². The van der Waals surface area contributed by atoms with Crippen molar-refractivity contribution < 1.29 is 14.4 Å². The number of hydrogen-bond acceptors (Lipinski definition) is 7. The van der Waals surface area contributed by atoms with E-state index in [4.69, 9.17) is 12.2 Å². The molecule has 222 valence electrons. The van der Waals surface area contributed by atoms with Gasteiger partial charge in [0.15, 0.2) is 0 Å². The van der Waals surface area contributed by atoms with E-state index < -0.39 is 17.7 Å². The molecule has 1 atom stereocenters. The number of para-hydroxylation sites is 3.